The monoisotopic (exact) mass is 378 g/mol. The van der Waals surface area contributed by atoms with Crippen LogP contribution in [0.4, 0.5) is 5.13 Å². The molecule has 1 aliphatic rings. The third-order valence-corrected chi connectivity index (χ3v) is 5.24. The van der Waals surface area contributed by atoms with Gasteiger partial charge in [0.05, 0.1) is 22.4 Å². The van der Waals surface area contributed by atoms with Crippen LogP contribution >= 0.6 is 11.3 Å². The Morgan fingerprint density at radius 1 is 1.15 bits per heavy atom. The van der Waals surface area contributed by atoms with Crippen LogP contribution in [0, 0.1) is 0 Å². The van der Waals surface area contributed by atoms with E-state index in [0.29, 0.717) is 28.7 Å². The average Bonchev–Trinajstić information content (AvgIpc) is 3.27. The summed E-state index contributed by atoms with van der Waals surface area (Å²) in [7, 11) is 0. The number of hydrazone groups is 1. The van der Waals surface area contributed by atoms with Gasteiger partial charge in [-0.25, -0.2) is 4.98 Å². The predicted molar refractivity (Wildman–Crippen MR) is 108 cm³/mol. The van der Waals surface area contributed by atoms with E-state index in [0.717, 1.165) is 15.8 Å². The third kappa shape index (κ3) is 3.22. The molecule has 0 aliphatic carbocycles. The zero-order valence-corrected chi connectivity index (χ0v) is 15.5. The normalized spacial score (nSPS) is 16.0. The minimum absolute atomic E-state index is 0.0157. The maximum atomic E-state index is 13.2. The zero-order chi connectivity index (χ0) is 18.8. The Morgan fingerprint density at radius 3 is 2.63 bits per heavy atom. The summed E-state index contributed by atoms with van der Waals surface area (Å²) in [6, 6.07) is 17.4. The number of aliphatic hydroxyl groups excluding tert-OH is 1. The quantitative estimate of drug-likeness (QED) is 0.669. The first kappa shape index (κ1) is 17.4. The number of allylic oxidation sites excluding steroid dienone is 1. The van der Waals surface area contributed by atoms with Gasteiger partial charge in [0.15, 0.2) is 0 Å². The molecule has 1 aliphatic heterocycles. The van der Waals surface area contributed by atoms with Gasteiger partial charge in [0, 0.05) is 17.8 Å². The second-order valence-corrected chi connectivity index (χ2v) is 7.06. The number of nitrogens with one attached hydrogen (secondary N) is 1. The first-order chi connectivity index (χ1) is 13.2. The molecule has 27 heavy (non-hydrogen) atoms. The molecular weight excluding hydrogens is 360 g/mol. The van der Waals surface area contributed by atoms with Gasteiger partial charge >= 0.3 is 0 Å². The molecule has 1 amide bonds. The maximum absolute atomic E-state index is 13.2. The first-order valence-corrected chi connectivity index (χ1v) is 9.40. The van der Waals surface area contributed by atoms with Crippen LogP contribution in [-0.4, -0.2) is 34.9 Å². The molecule has 2 heterocycles. The van der Waals surface area contributed by atoms with Crippen molar-refractivity contribution in [1.82, 2.24) is 10.3 Å². The van der Waals surface area contributed by atoms with Crippen LogP contribution in [-0.2, 0) is 4.79 Å². The van der Waals surface area contributed by atoms with Gasteiger partial charge in [-0.2, -0.15) is 10.1 Å². The predicted octanol–water partition coefficient (Wildman–Crippen LogP) is 2.90. The molecule has 7 heteroatoms. The van der Waals surface area contributed by atoms with E-state index in [1.165, 1.54) is 16.3 Å². The molecule has 0 saturated carbocycles. The number of hydrogen-bond acceptors (Lipinski definition) is 6. The highest BCUT2D eigenvalue weighted by Gasteiger charge is 2.35. The lowest BCUT2D eigenvalue weighted by molar-refractivity contribution is -0.114. The van der Waals surface area contributed by atoms with Crippen molar-refractivity contribution in [3.63, 3.8) is 0 Å². The number of aliphatic hydroxyl groups is 1. The second kappa shape index (κ2) is 7.30. The van der Waals surface area contributed by atoms with Crippen LogP contribution < -0.4 is 10.3 Å². The van der Waals surface area contributed by atoms with Crippen molar-refractivity contribution in [1.29, 1.82) is 0 Å². The molecule has 4 rings (SSSR count). The number of para-hydroxylation sites is 1. The number of nitrogens with zero attached hydrogens (tertiary/aromatic N) is 3. The molecule has 0 spiro atoms. The van der Waals surface area contributed by atoms with Crippen molar-refractivity contribution in [2.24, 2.45) is 5.10 Å². The van der Waals surface area contributed by atoms with E-state index in [9.17, 15) is 4.79 Å². The molecule has 136 valence electrons. The van der Waals surface area contributed by atoms with Gasteiger partial charge in [-0.05, 0) is 19.1 Å². The fraction of sp³-hybridized carbons (Fsp3) is 0.150. The number of benzene rings is 2. The van der Waals surface area contributed by atoms with Crippen molar-refractivity contribution >= 4 is 38.3 Å². The van der Waals surface area contributed by atoms with Crippen molar-refractivity contribution < 1.29 is 9.90 Å². The highest BCUT2D eigenvalue weighted by atomic mass is 32.1. The van der Waals surface area contributed by atoms with E-state index in [1.807, 2.05) is 61.5 Å². The SMILES string of the molecule is CC(NCCO)=C1C(=O)N(c2nc3ccccc3s2)N=C1c1ccccc1. The van der Waals surface area contributed by atoms with E-state index in [1.54, 1.807) is 0 Å². The fourth-order valence-corrected chi connectivity index (χ4v) is 3.87. The van der Waals surface area contributed by atoms with Gasteiger partial charge in [-0.1, -0.05) is 53.8 Å². The highest BCUT2D eigenvalue weighted by molar-refractivity contribution is 7.22. The van der Waals surface area contributed by atoms with E-state index in [4.69, 9.17) is 5.11 Å². The van der Waals surface area contributed by atoms with Crippen LogP contribution in [0.5, 0.6) is 0 Å². The lowest BCUT2D eigenvalue weighted by atomic mass is 10.0. The molecule has 2 N–H and O–H groups in total. The number of hydrogen-bond donors (Lipinski definition) is 2. The number of thiazole rings is 1. The van der Waals surface area contributed by atoms with Crippen LogP contribution in [0.2, 0.25) is 0 Å². The van der Waals surface area contributed by atoms with Gasteiger partial charge in [-0.3, -0.25) is 4.79 Å². The Morgan fingerprint density at radius 2 is 1.89 bits per heavy atom. The molecule has 0 atom stereocenters. The Labute approximate surface area is 160 Å². The number of anilines is 1. The van der Waals surface area contributed by atoms with E-state index < -0.39 is 0 Å². The Kier molecular flexibility index (Phi) is 4.70. The molecule has 0 unspecified atom stereocenters. The summed E-state index contributed by atoms with van der Waals surface area (Å²) in [6.45, 7) is 2.17. The number of fused-ring (bicyclic) bond motifs is 1. The molecule has 0 fully saturated rings. The molecule has 0 saturated heterocycles. The number of carbonyl (C=O) groups excluding carboxylic acids is 1. The maximum Gasteiger partial charge on any atom is 0.284 e. The smallest absolute Gasteiger partial charge is 0.284 e. The van der Waals surface area contributed by atoms with E-state index in [2.05, 4.69) is 15.4 Å². The summed E-state index contributed by atoms with van der Waals surface area (Å²) < 4.78 is 1.00. The second-order valence-electron chi connectivity index (χ2n) is 6.05. The summed E-state index contributed by atoms with van der Waals surface area (Å²) in [6.07, 6.45) is 0. The summed E-state index contributed by atoms with van der Waals surface area (Å²) in [4.78, 5) is 17.8. The van der Waals surface area contributed by atoms with Crippen LogP contribution in [0.15, 0.2) is 71.0 Å². The largest absolute Gasteiger partial charge is 0.395 e. The minimum atomic E-state index is -0.226. The molecule has 3 aromatic rings. The Bertz CT molecular complexity index is 1020. The summed E-state index contributed by atoms with van der Waals surface area (Å²) in [5.41, 5.74) is 3.47. The minimum Gasteiger partial charge on any atom is -0.395 e. The van der Waals surface area contributed by atoms with Crippen molar-refractivity contribution in [3.8, 4) is 0 Å². The highest BCUT2D eigenvalue weighted by Crippen LogP contribution is 2.33. The number of aromatic nitrogens is 1. The van der Waals surface area contributed by atoms with Crippen LogP contribution in [0.3, 0.4) is 0 Å². The average molecular weight is 378 g/mol. The number of rotatable bonds is 5. The third-order valence-electron chi connectivity index (χ3n) is 4.23. The summed E-state index contributed by atoms with van der Waals surface area (Å²) in [5.74, 6) is -0.226. The van der Waals surface area contributed by atoms with E-state index >= 15 is 0 Å². The van der Waals surface area contributed by atoms with Crippen molar-refractivity contribution in [3.05, 3.63) is 71.4 Å². The Hall–Kier alpha value is -3.03. The molecule has 2 aromatic carbocycles. The van der Waals surface area contributed by atoms with Gasteiger partial charge in [0.2, 0.25) is 5.13 Å². The number of amides is 1. The lowest BCUT2D eigenvalue weighted by Gasteiger charge is -2.10. The Balaban J connectivity index is 1.81. The van der Waals surface area contributed by atoms with Crippen molar-refractivity contribution in [2.75, 3.05) is 18.2 Å². The number of carbonyl (C=O) groups is 1. The molecular formula is C20H18N4O2S. The topological polar surface area (TPSA) is 77.8 Å². The zero-order valence-electron chi connectivity index (χ0n) is 14.7. The molecule has 6 nitrogen and oxygen atoms in total. The standard InChI is InChI=1S/C20H18N4O2S/c1-13(21-11-12-25)17-18(14-7-3-2-4-8-14)23-24(19(17)26)20-22-15-9-5-6-10-16(15)27-20/h2-10,21,25H,11-12H2,1H3. The lowest BCUT2D eigenvalue weighted by Crippen LogP contribution is -2.26. The van der Waals surface area contributed by atoms with Gasteiger partial charge < -0.3 is 10.4 Å². The van der Waals surface area contributed by atoms with Gasteiger partial charge in [0.1, 0.15) is 5.71 Å². The fourth-order valence-electron chi connectivity index (χ4n) is 2.95. The molecule has 1 aromatic heterocycles. The molecule has 0 bridgehead atoms. The summed E-state index contributed by atoms with van der Waals surface area (Å²) >= 11 is 1.43. The van der Waals surface area contributed by atoms with Gasteiger partial charge in [-0.15, -0.1) is 0 Å². The van der Waals surface area contributed by atoms with E-state index in [-0.39, 0.29) is 12.5 Å². The van der Waals surface area contributed by atoms with Crippen LogP contribution in [0.1, 0.15) is 12.5 Å². The first-order valence-electron chi connectivity index (χ1n) is 8.59. The molecule has 0 radical (unpaired) electrons. The van der Waals surface area contributed by atoms with Crippen molar-refractivity contribution in [2.45, 2.75) is 6.92 Å². The van der Waals surface area contributed by atoms with Gasteiger partial charge in [0.25, 0.3) is 5.91 Å². The summed E-state index contributed by atoms with van der Waals surface area (Å²) in [5, 5.41) is 18.7. The van der Waals surface area contributed by atoms with Crippen LogP contribution in [0.25, 0.3) is 10.2 Å².